The molecule has 1 aromatic carbocycles. The lowest BCUT2D eigenvalue weighted by atomic mass is 9.78. The van der Waals surface area contributed by atoms with E-state index in [9.17, 15) is 4.79 Å². The largest absolute Gasteiger partial charge is 0.468 e. The summed E-state index contributed by atoms with van der Waals surface area (Å²) < 4.78 is 17.6. The van der Waals surface area contributed by atoms with Gasteiger partial charge in [-0.2, -0.15) is 0 Å². The van der Waals surface area contributed by atoms with Crippen molar-refractivity contribution in [3.63, 3.8) is 0 Å². The number of hydrogen-bond donors (Lipinski definition) is 0. The number of esters is 1. The third-order valence-corrected chi connectivity index (χ3v) is 4.90. The first kappa shape index (κ1) is 19.7. The number of carbonyl (C=O) groups excluding carboxylic acids is 1. The van der Waals surface area contributed by atoms with Crippen LogP contribution in [0.4, 0.5) is 0 Å². The lowest BCUT2D eigenvalue weighted by Gasteiger charge is -2.35. The molecule has 0 bridgehead atoms. The molecule has 0 N–H and O–H groups in total. The van der Waals surface area contributed by atoms with Crippen LogP contribution in [0.5, 0.6) is 0 Å². The van der Waals surface area contributed by atoms with Gasteiger partial charge in [-0.1, -0.05) is 56.7 Å². The molecule has 4 atom stereocenters. The number of rotatable bonds is 6. The van der Waals surface area contributed by atoms with Crippen molar-refractivity contribution in [1.29, 1.82) is 0 Å². The summed E-state index contributed by atoms with van der Waals surface area (Å²) in [5.74, 6) is -0.0662. The number of benzene rings is 1. The molecular weight excluding hydrogens is 316 g/mol. The Kier molecular flexibility index (Phi) is 6.79. The second kappa shape index (κ2) is 8.63. The summed E-state index contributed by atoms with van der Waals surface area (Å²) in [6.45, 7) is 8.54. The van der Waals surface area contributed by atoms with Gasteiger partial charge in [0, 0.05) is 5.92 Å². The molecule has 1 heterocycles. The maximum atomic E-state index is 12.7. The molecule has 1 aliphatic heterocycles. The van der Waals surface area contributed by atoms with Gasteiger partial charge in [-0.05, 0) is 31.4 Å². The molecule has 4 heteroatoms. The highest BCUT2D eigenvalue weighted by molar-refractivity contribution is 5.79. The maximum absolute atomic E-state index is 12.7. The molecule has 0 aliphatic carbocycles. The SMILES string of the molecule is C/C=C/[C@@](C)(C(=O)OC)[C@@H]1O[C@@H]([C@H](C)CCC)OCc2ccccc21. The number of carbonyl (C=O) groups is 1. The molecule has 2 rings (SSSR count). The van der Waals surface area contributed by atoms with Gasteiger partial charge in [0.05, 0.1) is 13.7 Å². The van der Waals surface area contributed by atoms with Crippen molar-refractivity contribution in [3.05, 3.63) is 47.5 Å². The normalized spacial score (nSPS) is 24.2. The highest BCUT2D eigenvalue weighted by Gasteiger charge is 2.45. The first-order chi connectivity index (χ1) is 12.0. The van der Waals surface area contributed by atoms with Crippen molar-refractivity contribution in [2.24, 2.45) is 11.3 Å². The molecule has 0 fully saturated rings. The summed E-state index contributed by atoms with van der Waals surface area (Å²) in [6, 6.07) is 8.01. The van der Waals surface area contributed by atoms with Crippen LogP contribution in [0.25, 0.3) is 0 Å². The third-order valence-electron chi connectivity index (χ3n) is 4.90. The van der Waals surface area contributed by atoms with Crippen LogP contribution in [0.3, 0.4) is 0 Å². The summed E-state index contributed by atoms with van der Waals surface area (Å²) in [5.41, 5.74) is 1.12. The molecule has 25 heavy (non-hydrogen) atoms. The van der Waals surface area contributed by atoms with Crippen molar-refractivity contribution < 1.29 is 19.0 Å². The van der Waals surface area contributed by atoms with Crippen LogP contribution in [0.2, 0.25) is 0 Å². The molecule has 4 nitrogen and oxygen atoms in total. The fourth-order valence-electron chi connectivity index (χ4n) is 3.52. The van der Waals surface area contributed by atoms with E-state index in [-0.39, 0.29) is 18.2 Å². The monoisotopic (exact) mass is 346 g/mol. The number of methoxy groups -OCH3 is 1. The van der Waals surface area contributed by atoms with Crippen molar-refractivity contribution in [2.45, 2.75) is 59.5 Å². The van der Waals surface area contributed by atoms with E-state index < -0.39 is 11.5 Å². The Balaban J connectivity index is 2.50. The minimum atomic E-state index is -0.919. The van der Waals surface area contributed by atoms with Gasteiger partial charge < -0.3 is 14.2 Å². The number of ether oxygens (including phenoxy) is 3. The molecule has 0 saturated carbocycles. The Morgan fingerprint density at radius 1 is 1.44 bits per heavy atom. The summed E-state index contributed by atoms with van der Waals surface area (Å²) in [7, 11) is 1.42. The van der Waals surface area contributed by atoms with E-state index in [2.05, 4.69) is 13.8 Å². The van der Waals surface area contributed by atoms with Gasteiger partial charge in [-0.15, -0.1) is 0 Å². The first-order valence-corrected chi connectivity index (χ1v) is 9.05. The molecule has 0 spiro atoms. The van der Waals surface area contributed by atoms with Crippen LogP contribution < -0.4 is 0 Å². The zero-order valence-corrected chi connectivity index (χ0v) is 16.0. The Labute approximate surface area is 151 Å². The van der Waals surface area contributed by atoms with E-state index >= 15 is 0 Å². The van der Waals surface area contributed by atoms with Crippen molar-refractivity contribution in [1.82, 2.24) is 0 Å². The van der Waals surface area contributed by atoms with Gasteiger partial charge in [0.15, 0.2) is 6.29 Å². The Morgan fingerprint density at radius 2 is 2.16 bits per heavy atom. The fraction of sp³-hybridized carbons (Fsp3) is 0.571. The minimum absolute atomic E-state index is 0.245. The fourth-order valence-corrected chi connectivity index (χ4v) is 3.52. The third kappa shape index (κ3) is 4.13. The molecular formula is C21H30O4. The van der Waals surface area contributed by atoms with E-state index in [4.69, 9.17) is 14.2 Å². The van der Waals surface area contributed by atoms with Crippen LogP contribution in [0.15, 0.2) is 36.4 Å². The van der Waals surface area contributed by atoms with Gasteiger partial charge in [0.25, 0.3) is 0 Å². The van der Waals surface area contributed by atoms with E-state index in [0.29, 0.717) is 6.61 Å². The average Bonchev–Trinajstić information content (AvgIpc) is 2.81. The molecule has 138 valence electrons. The summed E-state index contributed by atoms with van der Waals surface area (Å²) >= 11 is 0. The predicted molar refractivity (Wildman–Crippen MR) is 97.9 cm³/mol. The van der Waals surface area contributed by atoms with Gasteiger partial charge in [0.1, 0.15) is 11.5 Å². The van der Waals surface area contributed by atoms with Crippen LogP contribution >= 0.6 is 0 Å². The highest BCUT2D eigenvalue weighted by atomic mass is 16.7. The van der Waals surface area contributed by atoms with E-state index in [1.54, 1.807) is 0 Å². The van der Waals surface area contributed by atoms with Gasteiger partial charge in [-0.3, -0.25) is 4.79 Å². The lowest BCUT2D eigenvalue weighted by molar-refractivity contribution is -0.217. The zero-order valence-electron chi connectivity index (χ0n) is 16.0. The molecule has 0 saturated heterocycles. The Hall–Kier alpha value is -1.65. The molecule has 0 unspecified atom stereocenters. The van der Waals surface area contributed by atoms with E-state index in [1.165, 1.54) is 7.11 Å². The first-order valence-electron chi connectivity index (χ1n) is 9.05. The second-order valence-corrected chi connectivity index (χ2v) is 6.93. The van der Waals surface area contributed by atoms with Crippen LogP contribution in [0, 0.1) is 11.3 Å². The Morgan fingerprint density at radius 3 is 2.80 bits per heavy atom. The molecule has 0 aromatic heterocycles. The topological polar surface area (TPSA) is 44.8 Å². The van der Waals surface area contributed by atoms with E-state index in [0.717, 1.165) is 24.0 Å². The average molecular weight is 346 g/mol. The standard InChI is InChI=1S/C21H30O4/c1-6-10-15(3)19-24-14-16-11-8-9-12-17(16)18(25-19)21(4,13-7-2)20(22)23-5/h7-9,11-13,15,18-19H,6,10,14H2,1-5H3/b13-7+/t15-,18-,19+,21-/m1/s1. The number of hydrogen-bond acceptors (Lipinski definition) is 4. The van der Waals surface area contributed by atoms with E-state index in [1.807, 2.05) is 50.3 Å². The molecule has 0 amide bonds. The number of fused-ring (bicyclic) bond motifs is 1. The Bertz CT molecular complexity index is 610. The van der Waals surface area contributed by atoms with Crippen LogP contribution in [-0.4, -0.2) is 19.4 Å². The van der Waals surface area contributed by atoms with Crippen molar-refractivity contribution in [3.8, 4) is 0 Å². The van der Waals surface area contributed by atoms with Crippen LogP contribution in [0.1, 0.15) is 57.8 Å². The maximum Gasteiger partial charge on any atom is 0.318 e. The quantitative estimate of drug-likeness (QED) is 0.549. The number of allylic oxidation sites excluding steroid dienone is 1. The lowest BCUT2D eigenvalue weighted by Crippen LogP contribution is -2.38. The molecule has 0 radical (unpaired) electrons. The van der Waals surface area contributed by atoms with Gasteiger partial charge in [-0.25, -0.2) is 0 Å². The summed E-state index contributed by atoms with van der Waals surface area (Å²) in [4.78, 5) is 12.7. The molecule has 1 aliphatic rings. The summed E-state index contributed by atoms with van der Waals surface area (Å²) in [6.07, 6.45) is 5.00. The van der Waals surface area contributed by atoms with Gasteiger partial charge in [0.2, 0.25) is 0 Å². The highest BCUT2D eigenvalue weighted by Crippen LogP contribution is 2.44. The predicted octanol–water partition coefficient (Wildman–Crippen LogP) is 4.79. The summed E-state index contributed by atoms with van der Waals surface area (Å²) in [5, 5.41) is 0. The minimum Gasteiger partial charge on any atom is -0.468 e. The van der Waals surface area contributed by atoms with Crippen molar-refractivity contribution >= 4 is 5.97 Å². The van der Waals surface area contributed by atoms with Crippen LogP contribution in [-0.2, 0) is 25.6 Å². The molecule has 1 aromatic rings. The zero-order chi connectivity index (χ0) is 18.4. The van der Waals surface area contributed by atoms with Gasteiger partial charge >= 0.3 is 5.97 Å². The smallest absolute Gasteiger partial charge is 0.318 e. The van der Waals surface area contributed by atoms with Crippen molar-refractivity contribution in [2.75, 3.05) is 7.11 Å². The second-order valence-electron chi connectivity index (χ2n) is 6.93.